The van der Waals surface area contributed by atoms with Gasteiger partial charge >= 0.3 is 0 Å². The molecule has 0 bridgehead atoms. The van der Waals surface area contributed by atoms with Crippen LogP contribution in [0.25, 0.3) is 0 Å². The van der Waals surface area contributed by atoms with Crippen LogP contribution in [0.15, 0.2) is 105 Å². The van der Waals surface area contributed by atoms with Gasteiger partial charge in [0.2, 0.25) is 0 Å². The average molecular weight is 487 g/mol. The molecular weight excluding hydrogens is 452 g/mol. The first kappa shape index (κ1) is 26.8. The third kappa shape index (κ3) is 8.45. The van der Waals surface area contributed by atoms with Crippen molar-refractivity contribution in [1.29, 1.82) is 0 Å². The molecule has 0 fully saturated rings. The number of benzene rings is 2. The second kappa shape index (κ2) is 12.1. The Hall–Kier alpha value is -2.44. The van der Waals surface area contributed by atoms with Crippen LogP contribution >= 0.6 is 0 Å². The van der Waals surface area contributed by atoms with E-state index in [1.165, 1.54) is 5.57 Å². The smallest absolute Gasteiger partial charge is 0.185 e. The van der Waals surface area contributed by atoms with Gasteiger partial charge in [-0.3, -0.25) is 0 Å². The normalized spacial score (nSPS) is 14.1. The molecule has 0 amide bonds. The Bertz CT molecular complexity index is 1200. The topological polar surface area (TPSA) is 68.3 Å². The quantitative estimate of drug-likeness (QED) is 0.348. The standard InChI is InChI=1S/C27H34O4S2/c1-22(2)12-11-13-23(3)20-27(33(30,31)26-16-9-6-10-17-26)21-24(4)18-19-32(28,29)25-14-7-5-8-15-25/h5-10,12,14-18,20,27H,11,13,19,21H2,1-4H3/b23-20-,24-18+. The molecule has 0 aromatic heterocycles. The lowest BCUT2D eigenvalue weighted by atomic mass is 10.1. The molecule has 0 aliphatic carbocycles. The number of hydrogen-bond donors (Lipinski definition) is 0. The number of allylic oxidation sites excluding steroid dienone is 4. The van der Waals surface area contributed by atoms with Gasteiger partial charge in [0, 0.05) is 0 Å². The average Bonchev–Trinajstić information content (AvgIpc) is 2.78. The van der Waals surface area contributed by atoms with E-state index in [1.54, 1.807) is 73.7 Å². The van der Waals surface area contributed by atoms with Crippen molar-refractivity contribution >= 4 is 19.7 Å². The van der Waals surface area contributed by atoms with Crippen molar-refractivity contribution in [2.45, 2.75) is 62.0 Å². The van der Waals surface area contributed by atoms with Gasteiger partial charge < -0.3 is 0 Å². The van der Waals surface area contributed by atoms with Crippen molar-refractivity contribution in [2.24, 2.45) is 0 Å². The fourth-order valence-electron chi connectivity index (χ4n) is 3.41. The minimum atomic E-state index is -3.62. The van der Waals surface area contributed by atoms with Crippen LogP contribution in [0.4, 0.5) is 0 Å². The highest BCUT2D eigenvalue weighted by Crippen LogP contribution is 2.25. The van der Waals surface area contributed by atoms with E-state index in [0.29, 0.717) is 0 Å². The van der Waals surface area contributed by atoms with E-state index in [1.807, 2.05) is 26.8 Å². The van der Waals surface area contributed by atoms with Crippen LogP contribution in [0.1, 0.15) is 47.0 Å². The second-order valence-corrected chi connectivity index (χ2v) is 12.8. The van der Waals surface area contributed by atoms with Gasteiger partial charge in [0.25, 0.3) is 0 Å². The van der Waals surface area contributed by atoms with Crippen LogP contribution in [0, 0.1) is 0 Å². The molecule has 4 nitrogen and oxygen atoms in total. The van der Waals surface area contributed by atoms with E-state index < -0.39 is 24.9 Å². The van der Waals surface area contributed by atoms with E-state index in [-0.39, 0.29) is 22.0 Å². The molecular formula is C27H34O4S2. The summed E-state index contributed by atoms with van der Waals surface area (Å²) in [5, 5.41) is -0.762. The highest BCUT2D eigenvalue weighted by molar-refractivity contribution is 7.92. The Balaban J connectivity index is 2.29. The minimum absolute atomic E-state index is 0.162. The van der Waals surface area contributed by atoms with E-state index in [2.05, 4.69) is 6.08 Å². The third-order valence-corrected chi connectivity index (χ3v) is 8.93. The monoisotopic (exact) mass is 486 g/mol. The summed E-state index contributed by atoms with van der Waals surface area (Å²) in [6, 6.07) is 16.7. The molecule has 1 atom stereocenters. The second-order valence-electron chi connectivity index (χ2n) is 8.58. The maximum absolute atomic E-state index is 13.4. The molecule has 0 saturated heterocycles. The molecule has 0 spiro atoms. The van der Waals surface area contributed by atoms with Gasteiger partial charge in [0.05, 0.1) is 20.8 Å². The van der Waals surface area contributed by atoms with E-state index in [9.17, 15) is 16.8 Å². The predicted octanol–water partition coefficient (Wildman–Crippen LogP) is 6.33. The Morgan fingerprint density at radius 2 is 1.30 bits per heavy atom. The number of hydrogen-bond acceptors (Lipinski definition) is 4. The maximum atomic E-state index is 13.4. The summed E-state index contributed by atoms with van der Waals surface area (Å²) in [5.41, 5.74) is 2.96. The number of sulfone groups is 2. The first-order chi connectivity index (χ1) is 15.5. The van der Waals surface area contributed by atoms with Crippen LogP contribution in [0.2, 0.25) is 0 Å². The highest BCUT2D eigenvalue weighted by Gasteiger charge is 2.26. The lowest BCUT2D eigenvalue weighted by Gasteiger charge is -2.16. The van der Waals surface area contributed by atoms with Gasteiger partial charge in [-0.1, -0.05) is 71.3 Å². The molecule has 2 aromatic rings. The molecule has 0 aliphatic heterocycles. The van der Waals surface area contributed by atoms with Gasteiger partial charge in [-0.2, -0.15) is 0 Å². The number of rotatable bonds is 11. The van der Waals surface area contributed by atoms with Crippen LogP contribution in [-0.2, 0) is 19.7 Å². The summed E-state index contributed by atoms with van der Waals surface area (Å²) >= 11 is 0. The van der Waals surface area contributed by atoms with Crippen molar-refractivity contribution in [3.63, 3.8) is 0 Å². The van der Waals surface area contributed by atoms with Crippen molar-refractivity contribution in [2.75, 3.05) is 5.75 Å². The Morgan fingerprint density at radius 1 is 0.758 bits per heavy atom. The molecule has 6 heteroatoms. The molecule has 0 aliphatic rings. The van der Waals surface area contributed by atoms with Gasteiger partial charge in [0.15, 0.2) is 19.7 Å². The summed E-state index contributed by atoms with van der Waals surface area (Å²) in [6.45, 7) is 7.82. The molecule has 0 radical (unpaired) electrons. The predicted molar refractivity (Wildman–Crippen MR) is 137 cm³/mol. The molecule has 1 unspecified atom stereocenters. The Kier molecular flexibility index (Phi) is 9.87. The summed E-state index contributed by atoms with van der Waals surface area (Å²) in [5.74, 6) is -0.162. The zero-order chi connectivity index (χ0) is 24.5. The Morgan fingerprint density at radius 3 is 1.85 bits per heavy atom. The SMILES string of the molecule is CC(C)=CCC/C(C)=C\C(C/C(C)=C/CS(=O)(=O)c1ccccc1)S(=O)(=O)c1ccccc1. The van der Waals surface area contributed by atoms with E-state index in [4.69, 9.17) is 0 Å². The van der Waals surface area contributed by atoms with Crippen molar-refractivity contribution in [1.82, 2.24) is 0 Å². The summed E-state index contributed by atoms with van der Waals surface area (Å²) in [7, 11) is -7.09. The van der Waals surface area contributed by atoms with Crippen molar-refractivity contribution in [3.05, 3.63) is 95.6 Å². The van der Waals surface area contributed by atoms with E-state index in [0.717, 1.165) is 24.0 Å². The molecule has 0 saturated carbocycles. The van der Waals surface area contributed by atoms with Crippen LogP contribution in [-0.4, -0.2) is 27.8 Å². The fourth-order valence-corrected chi connectivity index (χ4v) is 6.46. The van der Waals surface area contributed by atoms with Gasteiger partial charge in [-0.25, -0.2) is 16.8 Å². The van der Waals surface area contributed by atoms with Crippen molar-refractivity contribution in [3.8, 4) is 0 Å². The summed E-state index contributed by atoms with van der Waals surface area (Å²) in [6.07, 6.45) is 7.45. The lowest BCUT2D eigenvalue weighted by molar-refractivity contribution is 0.587. The molecule has 178 valence electrons. The largest absolute Gasteiger partial charge is 0.223 e. The van der Waals surface area contributed by atoms with Gasteiger partial charge in [-0.05, 0) is 71.2 Å². The summed E-state index contributed by atoms with van der Waals surface area (Å²) < 4.78 is 52.0. The first-order valence-electron chi connectivity index (χ1n) is 11.1. The van der Waals surface area contributed by atoms with Crippen molar-refractivity contribution < 1.29 is 16.8 Å². The maximum Gasteiger partial charge on any atom is 0.185 e. The zero-order valence-corrected chi connectivity index (χ0v) is 21.5. The van der Waals surface area contributed by atoms with E-state index >= 15 is 0 Å². The molecule has 2 aromatic carbocycles. The van der Waals surface area contributed by atoms with Crippen LogP contribution in [0.5, 0.6) is 0 Å². The first-order valence-corrected chi connectivity index (χ1v) is 14.3. The molecule has 0 N–H and O–H groups in total. The molecule has 2 rings (SSSR count). The van der Waals surface area contributed by atoms with Gasteiger partial charge in [-0.15, -0.1) is 0 Å². The van der Waals surface area contributed by atoms with Crippen LogP contribution in [0.3, 0.4) is 0 Å². The highest BCUT2D eigenvalue weighted by atomic mass is 32.2. The molecule has 0 heterocycles. The minimum Gasteiger partial charge on any atom is -0.223 e. The van der Waals surface area contributed by atoms with Gasteiger partial charge in [0.1, 0.15) is 0 Å². The third-order valence-electron chi connectivity index (χ3n) is 5.31. The lowest BCUT2D eigenvalue weighted by Crippen LogP contribution is -2.20. The Labute approximate surface area is 199 Å². The summed E-state index contributed by atoms with van der Waals surface area (Å²) in [4.78, 5) is 0.533. The fraction of sp³-hybridized carbons (Fsp3) is 0.333. The zero-order valence-electron chi connectivity index (χ0n) is 19.9. The molecule has 33 heavy (non-hydrogen) atoms. The van der Waals surface area contributed by atoms with Crippen LogP contribution < -0.4 is 0 Å².